The first-order chi connectivity index (χ1) is 11.0. The van der Waals surface area contributed by atoms with Gasteiger partial charge in [-0.15, -0.1) is 0 Å². The lowest BCUT2D eigenvalue weighted by atomic mass is 10.2. The van der Waals surface area contributed by atoms with Crippen molar-refractivity contribution in [3.05, 3.63) is 52.0 Å². The van der Waals surface area contributed by atoms with Crippen LogP contribution in [0.3, 0.4) is 0 Å². The molecule has 0 aromatic heterocycles. The van der Waals surface area contributed by atoms with Crippen LogP contribution in [0.25, 0.3) is 0 Å². The van der Waals surface area contributed by atoms with E-state index in [9.17, 15) is 4.79 Å². The molecule has 0 bridgehead atoms. The zero-order chi connectivity index (χ0) is 16.8. The molecule has 0 amide bonds. The number of carboxylic acid groups (broad SMARTS) is 1. The maximum absolute atomic E-state index is 10.9. The monoisotopic (exact) mass is 378 g/mol. The molecule has 0 saturated heterocycles. The third-order valence-corrected chi connectivity index (χ3v) is 3.44. The number of nitrogens with one attached hydrogen (secondary N) is 1. The summed E-state index contributed by atoms with van der Waals surface area (Å²) in [6, 6.07) is 10.0. The summed E-state index contributed by atoms with van der Waals surface area (Å²) in [5, 5.41) is 13.1. The van der Waals surface area contributed by atoms with Gasteiger partial charge in [0.1, 0.15) is 0 Å². The minimum absolute atomic E-state index is 0.187. The van der Waals surface area contributed by atoms with Gasteiger partial charge in [-0.25, -0.2) is 4.79 Å². The van der Waals surface area contributed by atoms with Crippen molar-refractivity contribution in [3.8, 4) is 11.5 Å². The molecule has 0 unspecified atom stereocenters. The summed E-state index contributed by atoms with van der Waals surface area (Å²) in [6.45, 7) is 0. The second kappa shape index (κ2) is 7.64. The molecule has 23 heavy (non-hydrogen) atoms. The van der Waals surface area contributed by atoms with E-state index in [0.717, 1.165) is 4.47 Å². The second-order valence-corrected chi connectivity index (χ2v) is 5.40. The fraction of sp³-hybridized carbons (Fsp3) is 0.125. The summed E-state index contributed by atoms with van der Waals surface area (Å²) >= 11 is 3.40. The molecule has 0 atom stereocenters. The molecule has 2 N–H and O–H groups in total. The lowest BCUT2D eigenvalue weighted by molar-refractivity contribution is 0.0697. The Morgan fingerprint density at radius 2 is 2.04 bits per heavy atom. The zero-order valence-electron chi connectivity index (χ0n) is 12.5. The first-order valence-corrected chi connectivity index (χ1v) is 7.38. The van der Waals surface area contributed by atoms with Crippen molar-refractivity contribution in [2.75, 3.05) is 19.6 Å². The Balaban J connectivity index is 2.22. The normalized spacial score (nSPS) is 10.6. The molecule has 0 radical (unpaired) electrons. The number of benzene rings is 2. The summed E-state index contributed by atoms with van der Waals surface area (Å²) in [5.41, 5.74) is 4.26. The Bertz CT molecular complexity index is 747. The second-order valence-electron chi connectivity index (χ2n) is 4.49. The largest absolute Gasteiger partial charge is 0.493 e. The summed E-state index contributed by atoms with van der Waals surface area (Å²) in [6.07, 6.45) is 1.57. The van der Waals surface area contributed by atoms with Crippen LogP contribution < -0.4 is 14.9 Å². The average molecular weight is 379 g/mol. The van der Waals surface area contributed by atoms with Crippen molar-refractivity contribution < 1.29 is 19.4 Å². The number of hydrazone groups is 1. The van der Waals surface area contributed by atoms with Crippen LogP contribution in [0.15, 0.2) is 46.0 Å². The Hall–Kier alpha value is -2.54. The highest BCUT2D eigenvalue weighted by atomic mass is 79.9. The minimum atomic E-state index is -0.990. The SMILES string of the molecule is COc1cc(Br)cc(/C=N/Nc2cccc(C(=O)O)c2)c1OC. The first-order valence-electron chi connectivity index (χ1n) is 6.59. The van der Waals surface area contributed by atoms with E-state index in [2.05, 4.69) is 26.5 Å². The molecule has 0 aliphatic carbocycles. The van der Waals surface area contributed by atoms with E-state index in [-0.39, 0.29) is 5.56 Å². The maximum Gasteiger partial charge on any atom is 0.335 e. The molecule has 120 valence electrons. The van der Waals surface area contributed by atoms with E-state index in [1.54, 1.807) is 38.6 Å². The van der Waals surface area contributed by atoms with Crippen LogP contribution in [0.5, 0.6) is 11.5 Å². The molecule has 6 nitrogen and oxygen atoms in total. The van der Waals surface area contributed by atoms with E-state index >= 15 is 0 Å². The summed E-state index contributed by atoms with van der Waals surface area (Å²) in [7, 11) is 3.10. The number of halogens is 1. The molecule has 2 aromatic carbocycles. The van der Waals surface area contributed by atoms with Crippen molar-refractivity contribution in [2.24, 2.45) is 5.10 Å². The molecule has 7 heteroatoms. The van der Waals surface area contributed by atoms with Crippen LogP contribution in [-0.4, -0.2) is 31.5 Å². The number of nitrogens with zero attached hydrogens (tertiary/aromatic N) is 1. The van der Waals surface area contributed by atoms with Crippen molar-refractivity contribution in [2.45, 2.75) is 0 Å². The van der Waals surface area contributed by atoms with Crippen LogP contribution in [0.4, 0.5) is 5.69 Å². The van der Waals surface area contributed by atoms with Gasteiger partial charge in [-0.05, 0) is 30.3 Å². The predicted molar refractivity (Wildman–Crippen MR) is 91.9 cm³/mol. The number of carboxylic acids is 1. The highest BCUT2D eigenvalue weighted by Gasteiger charge is 2.10. The number of rotatable bonds is 6. The quantitative estimate of drug-likeness (QED) is 0.592. The number of ether oxygens (including phenoxy) is 2. The Morgan fingerprint density at radius 3 is 2.70 bits per heavy atom. The van der Waals surface area contributed by atoms with Gasteiger partial charge in [0.15, 0.2) is 11.5 Å². The third kappa shape index (κ3) is 4.23. The molecular weight excluding hydrogens is 364 g/mol. The van der Waals surface area contributed by atoms with E-state index in [0.29, 0.717) is 22.7 Å². The number of hydrogen-bond donors (Lipinski definition) is 2. The van der Waals surface area contributed by atoms with Crippen molar-refractivity contribution in [3.63, 3.8) is 0 Å². The average Bonchev–Trinajstić information content (AvgIpc) is 2.54. The van der Waals surface area contributed by atoms with Gasteiger partial charge in [-0.2, -0.15) is 5.10 Å². The zero-order valence-corrected chi connectivity index (χ0v) is 14.1. The highest BCUT2D eigenvalue weighted by Crippen LogP contribution is 2.33. The van der Waals surface area contributed by atoms with Crippen molar-refractivity contribution >= 4 is 33.8 Å². The molecule has 0 aliphatic heterocycles. The van der Waals surface area contributed by atoms with Crippen molar-refractivity contribution in [1.82, 2.24) is 0 Å². The topological polar surface area (TPSA) is 80.2 Å². The molecule has 2 rings (SSSR count). The van der Waals surface area contributed by atoms with Crippen molar-refractivity contribution in [1.29, 1.82) is 0 Å². The summed E-state index contributed by atoms with van der Waals surface area (Å²) in [4.78, 5) is 10.9. The summed E-state index contributed by atoms with van der Waals surface area (Å²) in [5.74, 6) is 0.146. The van der Waals surface area contributed by atoms with Gasteiger partial charge in [-0.1, -0.05) is 22.0 Å². The first kappa shape index (κ1) is 16.8. The fourth-order valence-corrected chi connectivity index (χ4v) is 2.41. The smallest absolute Gasteiger partial charge is 0.335 e. The van der Waals surface area contributed by atoms with Gasteiger partial charge >= 0.3 is 5.97 Å². The number of methoxy groups -OCH3 is 2. The van der Waals surface area contributed by atoms with Crippen LogP contribution in [-0.2, 0) is 0 Å². The Labute approximate surface area is 141 Å². The lowest BCUT2D eigenvalue weighted by Gasteiger charge is -2.11. The van der Waals surface area contributed by atoms with E-state index in [1.165, 1.54) is 12.1 Å². The lowest BCUT2D eigenvalue weighted by Crippen LogP contribution is -1.99. The predicted octanol–water partition coefficient (Wildman–Crippen LogP) is 3.61. The van der Waals surface area contributed by atoms with E-state index < -0.39 is 5.97 Å². The maximum atomic E-state index is 10.9. The highest BCUT2D eigenvalue weighted by molar-refractivity contribution is 9.10. The van der Waals surface area contributed by atoms with Gasteiger partial charge in [0.05, 0.1) is 31.7 Å². The third-order valence-electron chi connectivity index (χ3n) is 2.98. The summed E-state index contributed by atoms with van der Waals surface area (Å²) < 4.78 is 11.4. The van der Waals surface area contributed by atoms with E-state index in [4.69, 9.17) is 14.6 Å². The standard InChI is InChI=1S/C16H15BrN2O4/c1-22-14-8-12(17)6-11(15(14)23-2)9-18-19-13-5-3-4-10(7-13)16(20)21/h3-9,19H,1-2H3,(H,20,21)/b18-9+. The molecule has 0 heterocycles. The van der Waals surface area contributed by atoms with Gasteiger partial charge in [0, 0.05) is 10.0 Å². The van der Waals surface area contributed by atoms with Gasteiger partial charge in [0.2, 0.25) is 0 Å². The van der Waals surface area contributed by atoms with Crippen LogP contribution in [0.1, 0.15) is 15.9 Å². The Kier molecular flexibility index (Phi) is 5.59. The van der Waals surface area contributed by atoms with E-state index in [1.807, 2.05) is 6.07 Å². The number of hydrogen-bond acceptors (Lipinski definition) is 5. The molecule has 0 aliphatic rings. The molecule has 0 spiro atoms. The van der Waals surface area contributed by atoms with Crippen LogP contribution in [0.2, 0.25) is 0 Å². The van der Waals surface area contributed by atoms with Gasteiger partial charge in [-0.3, -0.25) is 5.43 Å². The fourth-order valence-electron chi connectivity index (χ4n) is 1.95. The molecule has 0 saturated carbocycles. The number of anilines is 1. The number of carbonyl (C=O) groups is 1. The molecule has 0 fully saturated rings. The van der Waals surface area contributed by atoms with Crippen LogP contribution in [0, 0.1) is 0 Å². The van der Waals surface area contributed by atoms with Crippen LogP contribution >= 0.6 is 15.9 Å². The van der Waals surface area contributed by atoms with Gasteiger partial charge < -0.3 is 14.6 Å². The van der Waals surface area contributed by atoms with Gasteiger partial charge in [0.25, 0.3) is 0 Å². The molecule has 2 aromatic rings. The number of aromatic carboxylic acids is 1. The minimum Gasteiger partial charge on any atom is -0.493 e. The molecular formula is C16H15BrN2O4. The Morgan fingerprint density at radius 1 is 1.26 bits per heavy atom.